The van der Waals surface area contributed by atoms with Crippen LogP contribution in [0.25, 0.3) is 0 Å². The van der Waals surface area contributed by atoms with Gasteiger partial charge in [0.05, 0.1) is 49.0 Å². The molecule has 4 rings (SSSR count). The highest BCUT2D eigenvalue weighted by Gasteiger charge is 2.11. The van der Waals surface area contributed by atoms with Gasteiger partial charge >= 0.3 is 23.9 Å². The van der Waals surface area contributed by atoms with Gasteiger partial charge in [0.2, 0.25) is 0 Å². The SMILES string of the molecule is C=CC(=O)OCCCCOc1ccc(C(=O)Oc2ccc(C(C)=NN=C(C)c3ccc(OC(=O)c4ccc(OCCCCOC(C)=O)cc4)cc3)cc2)cc1. The van der Waals surface area contributed by atoms with Crippen molar-refractivity contribution in [3.63, 3.8) is 0 Å². The first kappa shape index (κ1) is 41.2. The van der Waals surface area contributed by atoms with Crippen LogP contribution >= 0.6 is 0 Å². The lowest BCUT2D eigenvalue weighted by Crippen LogP contribution is -2.09. The van der Waals surface area contributed by atoms with Crippen molar-refractivity contribution in [2.24, 2.45) is 10.2 Å². The average Bonchev–Trinajstić information content (AvgIpc) is 3.20. The molecule has 0 aliphatic heterocycles. The van der Waals surface area contributed by atoms with Gasteiger partial charge in [0, 0.05) is 13.0 Å². The molecule has 0 aliphatic carbocycles. The summed E-state index contributed by atoms with van der Waals surface area (Å²) in [6, 6.07) is 27.3. The van der Waals surface area contributed by atoms with Gasteiger partial charge in [-0.2, -0.15) is 10.2 Å². The molecule has 0 heterocycles. The standard InChI is InChI=1S/C43H44N2O10/c1-5-41(47)53-29-9-8-28-52-38-20-16-36(17-21-38)43(49)55-40-24-12-34(13-25-40)31(3)45-44-30(2)33-10-22-39(23-11-33)54-42(48)35-14-18-37(19-15-35)51-27-7-6-26-50-32(4)46/h5,10-25H,1,6-9,26-29H2,2-4H3. The molecule has 12 heteroatoms. The molecule has 4 aromatic carbocycles. The smallest absolute Gasteiger partial charge is 0.343 e. The highest BCUT2D eigenvalue weighted by atomic mass is 16.5. The Kier molecular flexibility index (Phi) is 16.4. The van der Waals surface area contributed by atoms with Crippen LogP contribution in [-0.4, -0.2) is 61.7 Å². The monoisotopic (exact) mass is 748 g/mol. The number of rotatable bonds is 20. The Labute approximate surface area is 320 Å². The van der Waals surface area contributed by atoms with Crippen LogP contribution in [0.3, 0.4) is 0 Å². The molecule has 0 amide bonds. The Bertz CT molecular complexity index is 1950. The molecule has 0 unspecified atom stereocenters. The maximum Gasteiger partial charge on any atom is 0.343 e. The van der Waals surface area contributed by atoms with Crippen LogP contribution in [0.5, 0.6) is 23.0 Å². The van der Waals surface area contributed by atoms with Gasteiger partial charge in [0.25, 0.3) is 0 Å². The largest absolute Gasteiger partial charge is 0.494 e. The molecule has 0 N–H and O–H groups in total. The van der Waals surface area contributed by atoms with Gasteiger partial charge in [-0.05, 0) is 148 Å². The number of nitrogens with zero attached hydrogens (tertiary/aromatic N) is 2. The average molecular weight is 749 g/mol. The molecular weight excluding hydrogens is 704 g/mol. The van der Waals surface area contributed by atoms with Crippen molar-refractivity contribution >= 4 is 35.3 Å². The Morgan fingerprint density at radius 1 is 0.491 bits per heavy atom. The fraction of sp³-hybridized carbons (Fsp3) is 0.256. The Balaban J connectivity index is 1.20. The van der Waals surface area contributed by atoms with Crippen molar-refractivity contribution in [3.8, 4) is 23.0 Å². The van der Waals surface area contributed by atoms with E-state index in [2.05, 4.69) is 16.8 Å². The van der Waals surface area contributed by atoms with Crippen LogP contribution in [0.4, 0.5) is 0 Å². The van der Waals surface area contributed by atoms with Crippen molar-refractivity contribution in [2.75, 3.05) is 26.4 Å². The van der Waals surface area contributed by atoms with Crippen LogP contribution in [-0.2, 0) is 19.1 Å². The molecule has 0 aromatic heterocycles. The molecule has 0 spiro atoms. The summed E-state index contributed by atoms with van der Waals surface area (Å²) in [5.74, 6) is 0.262. The minimum absolute atomic E-state index is 0.298. The summed E-state index contributed by atoms with van der Waals surface area (Å²) in [6.45, 7) is 9.97. The third kappa shape index (κ3) is 14.4. The normalized spacial score (nSPS) is 11.3. The molecule has 0 saturated carbocycles. The second-order valence-corrected chi connectivity index (χ2v) is 12.1. The first-order chi connectivity index (χ1) is 26.6. The van der Waals surface area contributed by atoms with E-state index in [0.29, 0.717) is 91.2 Å². The molecule has 0 fully saturated rings. The zero-order valence-corrected chi connectivity index (χ0v) is 31.2. The van der Waals surface area contributed by atoms with Gasteiger partial charge in [0.15, 0.2) is 0 Å². The Hall–Kier alpha value is -6.56. The number of hydrogen-bond acceptors (Lipinski definition) is 12. The Morgan fingerprint density at radius 2 is 0.836 bits per heavy atom. The summed E-state index contributed by atoms with van der Waals surface area (Å²) in [5.41, 5.74) is 3.68. The summed E-state index contributed by atoms with van der Waals surface area (Å²) in [7, 11) is 0. The van der Waals surface area contributed by atoms with E-state index < -0.39 is 17.9 Å². The predicted molar refractivity (Wildman–Crippen MR) is 207 cm³/mol. The van der Waals surface area contributed by atoms with Crippen molar-refractivity contribution in [1.29, 1.82) is 0 Å². The zero-order chi connectivity index (χ0) is 39.4. The van der Waals surface area contributed by atoms with E-state index in [1.807, 2.05) is 13.8 Å². The minimum atomic E-state index is -0.503. The van der Waals surface area contributed by atoms with E-state index in [-0.39, 0.29) is 5.97 Å². The van der Waals surface area contributed by atoms with Crippen LogP contribution < -0.4 is 18.9 Å². The van der Waals surface area contributed by atoms with E-state index in [1.54, 1.807) is 97.1 Å². The second-order valence-electron chi connectivity index (χ2n) is 12.1. The minimum Gasteiger partial charge on any atom is -0.494 e. The van der Waals surface area contributed by atoms with Crippen LogP contribution in [0.2, 0.25) is 0 Å². The number of carbonyl (C=O) groups excluding carboxylic acids is 4. The lowest BCUT2D eigenvalue weighted by molar-refractivity contribution is -0.141. The van der Waals surface area contributed by atoms with E-state index in [4.69, 9.17) is 28.4 Å². The number of unbranched alkanes of at least 4 members (excludes halogenated alkanes) is 2. The van der Waals surface area contributed by atoms with E-state index >= 15 is 0 Å². The first-order valence-corrected chi connectivity index (χ1v) is 17.7. The van der Waals surface area contributed by atoms with Gasteiger partial charge in [-0.3, -0.25) is 4.79 Å². The van der Waals surface area contributed by atoms with Gasteiger partial charge in [-0.15, -0.1) is 0 Å². The zero-order valence-electron chi connectivity index (χ0n) is 31.2. The third-order valence-electron chi connectivity index (χ3n) is 7.83. The quantitative estimate of drug-likeness (QED) is 0.0218. The maximum absolute atomic E-state index is 12.7. The number of carbonyl (C=O) groups is 4. The van der Waals surface area contributed by atoms with Gasteiger partial charge < -0.3 is 28.4 Å². The van der Waals surface area contributed by atoms with E-state index in [1.165, 1.54) is 6.92 Å². The van der Waals surface area contributed by atoms with Gasteiger partial charge in [-0.1, -0.05) is 6.58 Å². The van der Waals surface area contributed by atoms with Crippen molar-refractivity contribution < 1.29 is 47.6 Å². The number of ether oxygens (including phenoxy) is 6. The summed E-state index contributed by atoms with van der Waals surface area (Å²) in [6.07, 6.45) is 3.93. The number of benzene rings is 4. The third-order valence-corrected chi connectivity index (χ3v) is 7.83. The molecular formula is C43H44N2O10. The molecule has 0 saturated heterocycles. The summed E-state index contributed by atoms with van der Waals surface area (Å²) in [5, 5.41) is 8.73. The topological polar surface area (TPSA) is 148 Å². The van der Waals surface area contributed by atoms with Crippen molar-refractivity contribution in [2.45, 2.75) is 46.5 Å². The molecule has 12 nitrogen and oxygen atoms in total. The van der Waals surface area contributed by atoms with E-state index in [9.17, 15) is 19.2 Å². The highest BCUT2D eigenvalue weighted by Crippen LogP contribution is 2.20. The van der Waals surface area contributed by atoms with Crippen molar-refractivity contribution in [1.82, 2.24) is 0 Å². The maximum atomic E-state index is 12.7. The van der Waals surface area contributed by atoms with E-state index in [0.717, 1.165) is 23.6 Å². The van der Waals surface area contributed by atoms with Crippen LogP contribution in [0.1, 0.15) is 78.3 Å². The van der Waals surface area contributed by atoms with Gasteiger partial charge in [-0.25, -0.2) is 14.4 Å². The molecule has 55 heavy (non-hydrogen) atoms. The summed E-state index contributed by atoms with van der Waals surface area (Å²) in [4.78, 5) is 47.2. The molecule has 0 bridgehead atoms. The second kappa shape index (κ2) is 21.8. The number of hydrogen-bond donors (Lipinski definition) is 0. The number of esters is 4. The molecule has 0 aliphatic rings. The molecule has 4 aromatic rings. The molecule has 0 atom stereocenters. The fourth-order valence-corrected chi connectivity index (χ4v) is 4.74. The molecule has 0 radical (unpaired) electrons. The predicted octanol–water partition coefficient (Wildman–Crippen LogP) is 7.97. The van der Waals surface area contributed by atoms with Crippen molar-refractivity contribution in [3.05, 3.63) is 132 Å². The van der Waals surface area contributed by atoms with Gasteiger partial charge in [0.1, 0.15) is 23.0 Å². The lowest BCUT2D eigenvalue weighted by Gasteiger charge is -2.08. The van der Waals surface area contributed by atoms with Crippen LogP contribution in [0, 0.1) is 0 Å². The Morgan fingerprint density at radius 3 is 1.22 bits per heavy atom. The first-order valence-electron chi connectivity index (χ1n) is 17.7. The summed E-state index contributed by atoms with van der Waals surface area (Å²) < 4.78 is 32.2. The fourth-order valence-electron chi connectivity index (χ4n) is 4.74. The van der Waals surface area contributed by atoms with Crippen LogP contribution in [0.15, 0.2) is 120 Å². The highest BCUT2D eigenvalue weighted by molar-refractivity contribution is 6.02. The molecule has 286 valence electrons. The lowest BCUT2D eigenvalue weighted by atomic mass is 10.1. The summed E-state index contributed by atoms with van der Waals surface area (Å²) >= 11 is 0.